The minimum atomic E-state index is 0. The first-order chi connectivity index (χ1) is 3.80. The van der Waals surface area contributed by atoms with Gasteiger partial charge in [0.15, 0.2) is 0 Å². The van der Waals surface area contributed by atoms with Crippen molar-refractivity contribution >= 4 is 11.4 Å². The Hall–Kier alpha value is 0.0797. The molecule has 3 heteroatoms. The maximum atomic E-state index is 5.39. The van der Waals surface area contributed by atoms with E-state index in [0.29, 0.717) is 11.4 Å². The molecule has 0 aliphatic heterocycles. The molecule has 2 nitrogen and oxygen atoms in total. The zero-order chi connectivity index (χ0) is 5.98. The molecule has 1 aromatic rings. The smallest absolute Gasteiger partial charge is 0.0547 e. The fourth-order valence-corrected chi connectivity index (χ4v) is 0.511. The quantitative estimate of drug-likeness (QED) is 0.536. The third-order valence-corrected chi connectivity index (χ3v) is 0.996. The maximum Gasteiger partial charge on any atom is 0.0547 e. The summed E-state index contributed by atoms with van der Waals surface area (Å²) >= 11 is 0. The molecule has 0 aromatic heterocycles. The van der Waals surface area contributed by atoms with Crippen molar-refractivity contribution in [3.63, 3.8) is 0 Å². The summed E-state index contributed by atoms with van der Waals surface area (Å²) in [4.78, 5) is 0. The summed E-state index contributed by atoms with van der Waals surface area (Å²) in [7, 11) is 0. The molecule has 0 saturated heterocycles. The van der Waals surface area contributed by atoms with Gasteiger partial charge in [-0.25, -0.2) is 0 Å². The number of hydrogen-bond acceptors (Lipinski definition) is 2. The van der Waals surface area contributed by atoms with Crippen LogP contribution >= 0.6 is 0 Å². The molecule has 0 spiro atoms. The molecule has 0 heterocycles. The van der Waals surface area contributed by atoms with E-state index < -0.39 is 0 Å². The Labute approximate surface area is 84.2 Å². The van der Waals surface area contributed by atoms with Gasteiger partial charge in [-0.15, -0.1) is 0 Å². The van der Waals surface area contributed by atoms with Crippen LogP contribution in [-0.4, -0.2) is 0 Å². The SMILES string of the molecule is Nc1ccccc1N.[Ar]. The summed E-state index contributed by atoms with van der Waals surface area (Å²) in [6.07, 6.45) is 0. The van der Waals surface area contributed by atoms with Crippen molar-refractivity contribution in [3.8, 4) is 0 Å². The maximum absolute atomic E-state index is 5.39. The van der Waals surface area contributed by atoms with Crippen molar-refractivity contribution in [3.05, 3.63) is 24.3 Å². The molecule has 0 bridgehead atoms. The van der Waals surface area contributed by atoms with Gasteiger partial charge in [0.1, 0.15) is 0 Å². The molecule has 9 heavy (non-hydrogen) atoms. The molecule has 4 N–H and O–H groups in total. The van der Waals surface area contributed by atoms with Crippen molar-refractivity contribution in [2.45, 2.75) is 0 Å². The molecule has 0 fully saturated rings. The number of nitrogens with two attached hydrogens (primary N) is 2. The predicted octanol–water partition coefficient (Wildman–Crippen LogP) is 0.851. The summed E-state index contributed by atoms with van der Waals surface area (Å²) in [5.41, 5.74) is 12.1. The van der Waals surface area contributed by atoms with Crippen LogP contribution < -0.4 is 11.5 Å². The monoisotopic (exact) mass is 148 g/mol. The summed E-state index contributed by atoms with van der Waals surface area (Å²) in [6, 6.07) is 7.25. The zero-order valence-electron chi connectivity index (χ0n) is 4.82. The molecule has 50 valence electrons. The average Bonchev–Trinajstić information content (AvgIpc) is 1.77. The van der Waals surface area contributed by atoms with Crippen LogP contribution in [0.1, 0.15) is 0 Å². The minimum Gasteiger partial charge on any atom is -0.397 e. The Balaban J connectivity index is 0.000000640. The van der Waals surface area contributed by atoms with Gasteiger partial charge in [0.25, 0.3) is 0 Å². The van der Waals surface area contributed by atoms with E-state index in [0.717, 1.165) is 0 Å². The third kappa shape index (κ3) is 2.43. The molecule has 1 aromatic carbocycles. The fourth-order valence-electron chi connectivity index (χ4n) is 0.511. The van der Waals surface area contributed by atoms with E-state index in [9.17, 15) is 0 Å². The zero-order valence-corrected chi connectivity index (χ0v) is 5.52. The molecule has 0 aliphatic carbocycles. The normalized spacial score (nSPS) is 8.00. The first-order valence-corrected chi connectivity index (χ1v) is 2.40. The molecule has 0 amide bonds. The predicted molar refractivity (Wildman–Crippen MR) is 35.3 cm³/mol. The number of hydrogen-bond donors (Lipinski definition) is 2. The van der Waals surface area contributed by atoms with Gasteiger partial charge in [-0.05, 0) is 12.1 Å². The molecule has 0 radical (unpaired) electrons. The van der Waals surface area contributed by atoms with Crippen LogP contribution in [0.2, 0.25) is 0 Å². The molecule has 0 atom stereocenters. The summed E-state index contributed by atoms with van der Waals surface area (Å²) in [5.74, 6) is 0. The second-order valence-electron chi connectivity index (χ2n) is 1.63. The van der Waals surface area contributed by atoms with Crippen molar-refractivity contribution in [1.82, 2.24) is 0 Å². The van der Waals surface area contributed by atoms with E-state index >= 15 is 0 Å². The van der Waals surface area contributed by atoms with Crippen LogP contribution in [0.5, 0.6) is 0 Å². The summed E-state index contributed by atoms with van der Waals surface area (Å²) < 4.78 is 0. The number of rotatable bonds is 0. The van der Waals surface area contributed by atoms with Gasteiger partial charge in [0.05, 0.1) is 11.4 Å². The number of anilines is 2. The van der Waals surface area contributed by atoms with E-state index in [1.807, 2.05) is 12.1 Å². The number of para-hydroxylation sites is 2. The van der Waals surface area contributed by atoms with E-state index in [4.69, 9.17) is 11.5 Å². The molecular formula is C6H8ArN2. The van der Waals surface area contributed by atoms with Gasteiger partial charge >= 0.3 is 0 Å². The Morgan fingerprint density at radius 2 is 1.22 bits per heavy atom. The van der Waals surface area contributed by atoms with Gasteiger partial charge < -0.3 is 11.5 Å². The first kappa shape index (κ1) is 9.08. The molecule has 1 rings (SSSR count). The van der Waals surface area contributed by atoms with Crippen LogP contribution in [0.4, 0.5) is 11.4 Å². The van der Waals surface area contributed by atoms with Crippen LogP contribution in [0.25, 0.3) is 0 Å². The molecule has 0 saturated carbocycles. The van der Waals surface area contributed by atoms with Crippen LogP contribution in [0.3, 0.4) is 0 Å². The van der Waals surface area contributed by atoms with Crippen molar-refractivity contribution < 1.29 is 37.7 Å². The standard InChI is InChI=1S/C6H8N2.Ar/c7-5-3-1-2-4-6(5)8;/h1-4H,7-8H2;. The van der Waals surface area contributed by atoms with Crippen LogP contribution in [-0.2, 0) is 0 Å². The topological polar surface area (TPSA) is 52.0 Å². The van der Waals surface area contributed by atoms with E-state index in [1.165, 1.54) is 0 Å². The Morgan fingerprint density at radius 1 is 0.889 bits per heavy atom. The van der Waals surface area contributed by atoms with Crippen molar-refractivity contribution in [1.29, 1.82) is 0 Å². The van der Waals surface area contributed by atoms with Gasteiger partial charge in [-0.2, -0.15) is 0 Å². The Morgan fingerprint density at radius 3 is 1.44 bits per heavy atom. The second-order valence-corrected chi connectivity index (χ2v) is 1.63. The van der Waals surface area contributed by atoms with Crippen molar-refractivity contribution in [2.24, 2.45) is 0 Å². The van der Waals surface area contributed by atoms with E-state index in [1.54, 1.807) is 12.1 Å². The van der Waals surface area contributed by atoms with E-state index in [2.05, 4.69) is 0 Å². The largest absolute Gasteiger partial charge is 0.397 e. The number of nitrogen functional groups attached to an aromatic ring is 2. The third-order valence-electron chi connectivity index (χ3n) is 0.996. The van der Waals surface area contributed by atoms with E-state index in [-0.39, 0.29) is 37.7 Å². The first-order valence-electron chi connectivity index (χ1n) is 2.40. The average molecular weight is 148 g/mol. The number of benzene rings is 1. The molecule has 0 aliphatic rings. The van der Waals surface area contributed by atoms with Gasteiger partial charge in [0.2, 0.25) is 0 Å². The van der Waals surface area contributed by atoms with Gasteiger partial charge in [-0.1, -0.05) is 12.1 Å². The van der Waals surface area contributed by atoms with Gasteiger partial charge in [0, 0.05) is 37.7 Å². The minimum absolute atomic E-state index is 0. The van der Waals surface area contributed by atoms with Crippen molar-refractivity contribution in [2.75, 3.05) is 11.5 Å². The van der Waals surface area contributed by atoms with Crippen LogP contribution in [0, 0.1) is 37.7 Å². The Kier molecular flexibility index (Phi) is 4.02. The summed E-state index contributed by atoms with van der Waals surface area (Å²) in [5, 5.41) is 0. The molecule has 0 unspecified atom stereocenters. The fraction of sp³-hybridized carbons (Fsp3) is 0. The molecular weight excluding hydrogens is 140 g/mol. The van der Waals surface area contributed by atoms with Crippen LogP contribution in [0.15, 0.2) is 24.3 Å². The Bertz CT molecular complexity index is 167. The van der Waals surface area contributed by atoms with Gasteiger partial charge in [-0.3, -0.25) is 0 Å². The second kappa shape index (κ2) is 3.99. The summed E-state index contributed by atoms with van der Waals surface area (Å²) in [6.45, 7) is 0.